The first-order valence-corrected chi connectivity index (χ1v) is 6.29. The predicted molar refractivity (Wildman–Crippen MR) is 70.1 cm³/mol. The van der Waals surface area contributed by atoms with Gasteiger partial charge in [-0.05, 0) is 32.2 Å². The molecule has 1 aliphatic rings. The zero-order valence-electron chi connectivity index (χ0n) is 10.5. The topological polar surface area (TPSA) is 32.3 Å². The molecule has 1 rings (SSSR count). The van der Waals surface area contributed by atoms with Gasteiger partial charge in [-0.3, -0.25) is 4.79 Å². The molecule has 3 nitrogen and oxygen atoms in total. The van der Waals surface area contributed by atoms with Gasteiger partial charge in [-0.1, -0.05) is 13.8 Å². The van der Waals surface area contributed by atoms with Crippen molar-refractivity contribution >= 4 is 18.3 Å². The van der Waals surface area contributed by atoms with E-state index in [1.165, 1.54) is 6.42 Å². The van der Waals surface area contributed by atoms with Crippen molar-refractivity contribution in [3.8, 4) is 0 Å². The second kappa shape index (κ2) is 8.82. The maximum Gasteiger partial charge on any atom is 0.224 e. The van der Waals surface area contributed by atoms with Crippen molar-refractivity contribution in [2.75, 3.05) is 19.6 Å². The first-order valence-electron chi connectivity index (χ1n) is 6.29. The Morgan fingerprint density at radius 2 is 1.94 bits per heavy atom. The van der Waals surface area contributed by atoms with Gasteiger partial charge >= 0.3 is 0 Å². The molecule has 1 atom stereocenters. The zero-order valence-corrected chi connectivity index (χ0v) is 11.3. The lowest BCUT2D eigenvalue weighted by atomic mass is 10.1. The molecule has 0 aromatic carbocycles. The molecular formula is C12H25ClN2O. The number of amides is 1. The van der Waals surface area contributed by atoms with E-state index in [0.717, 1.165) is 38.9 Å². The second-order valence-corrected chi connectivity index (χ2v) is 4.38. The maximum atomic E-state index is 12.0. The average Bonchev–Trinajstić information content (AvgIpc) is 2.70. The quantitative estimate of drug-likeness (QED) is 0.782. The first kappa shape index (κ1) is 15.7. The number of nitrogens with zero attached hydrogens (tertiary/aromatic N) is 1. The molecule has 1 aliphatic heterocycles. The van der Waals surface area contributed by atoms with Crippen LogP contribution in [0.2, 0.25) is 0 Å². The third-order valence-electron chi connectivity index (χ3n) is 2.92. The van der Waals surface area contributed by atoms with E-state index in [-0.39, 0.29) is 12.4 Å². The molecule has 1 heterocycles. The number of nitrogens with one attached hydrogen (secondary N) is 1. The summed E-state index contributed by atoms with van der Waals surface area (Å²) in [6.07, 6.45) is 5.20. The number of carbonyl (C=O) groups excluding carboxylic acids is 1. The molecule has 16 heavy (non-hydrogen) atoms. The first-order chi connectivity index (χ1) is 7.27. The minimum absolute atomic E-state index is 0. The van der Waals surface area contributed by atoms with E-state index < -0.39 is 0 Å². The highest BCUT2D eigenvalue weighted by Gasteiger charge is 2.20. The van der Waals surface area contributed by atoms with Crippen molar-refractivity contribution in [1.82, 2.24) is 10.2 Å². The van der Waals surface area contributed by atoms with Gasteiger partial charge in [0.25, 0.3) is 0 Å². The minimum Gasteiger partial charge on any atom is -0.343 e. The van der Waals surface area contributed by atoms with E-state index in [1.807, 2.05) is 4.90 Å². The maximum absolute atomic E-state index is 12.0. The molecule has 0 spiro atoms. The van der Waals surface area contributed by atoms with Crippen LogP contribution in [0, 0.1) is 0 Å². The van der Waals surface area contributed by atoms with Crippen molar-refractivity contribution in [1.29, 1.82) is 0 Å². The van der Waals surface area contributed by atoms with E-state index in [0.29, 0.717) is 18.4 Å². The Kier molecular flexibility index (Phi) is 8.67. The number of hydrogen-bond acceptors (Lipinski definition) is 2. The summed E-state index contributed by atoms with van der Waals surface area (Å²) >= 11 is 0. The second-order valence-electron chi connectivity index (χ2n) is 4.38. The summed E-state index contributed by atoms with van der Waals surface area (Å²) in [6.45, 7) is 7.17. The summed E-state index contributed by atoms with van der Waals surface area (Å²) in [4.78, 5) is 14.0. The summed E-state index contributed by atoms with van der Waals surface area (Å²) < 4.78 is 0. The van der Waals surface area contributed by atoms with Gasteiger partial charge < -0.3 is 10.2 Å². The van der Waals surface area contributed by atoms with Crippen LogP contribution in [0.5, 0.6) is 0 Å². The van der Waals surface area contributed by atoms with E-state index >= 15 is 0 Å². The third kappa shape index (κ3) is 5.17. The minimum atomic E-state index is 0. The van der Waals surface area contributed by atoms with Crippen LogP contribution in [-0.2, 0) is 4.79 Å². The molecule has 1 N–H and O–H groups in total. The lowest BCUT2D eigenvalue weighted by Crippen LogP contribution is -2.36. The normalized spacial score (nSPS) is 19.2. The van der Waals surface area contributed by atoms with Gasteiger partial charge in [-0.25, -0.2) is 0 Å². The van der Waals surface area contributed by atoms with Crippen LogP contribution in [0.25, 0.3) is 0 Å². The summed E-state index contributed by atoms with van der Waals surface area (Å²) in [5.74, 6) is 0.332. The molecule has 0 aromatic heterocycles. The smallest absolute Gasteiger partial charge is 0.224 e. The van der Waals surface area contributed by atoms with E-state index in [2.05, 4.69) is 19.2 Å². The van der Waals surface area contributed by atoms with Gasteiger partial charge in [0.2, 0.25) is 5.91 Å². The molecule has 96 valence electrons. The fraction of sp³-hybridized carbons (Fsp3) is 0.917. The van der Waals surface area contributed by atoms with Crippen LogP contribution in [0.3, 0.4) is 0 Å². The largest absolute Gasteiger partial charge is 0.343 e. The molecule has 0 aliphatic carbocycles. The van der Waals surface area contributed by atoms with Crippen molar-refractivity contribution in [3.63, 3.8) is 0 Å². The van der Waals surface area contributed by atoms with Crippen LogP contribution in [-0.4, -0.2) is 36.5 Å². The predicted octanol–water partition coefficient (Wildman–Crippen LogP) is 2.20. The lowest BCUT2D eigenvalue weighted by molar-refractivity contribution is -0.131. The van der Waals surface area contributed by atoms with Gasteiger partial charge in [-0.2, -0.15) is 0 Å². The number of hydrogen-bond donors (Lipinski definition) is 1. The summed E-state index contributed by atoms with van der Waals surface area (Å²) in [6, 6.07) is 0.439. The highest BCUT2D eigenvalue weighted by Crippen LogP contribution is 2.11. The molecule has 1 fully saturated rings. The van der Waals surface area contributed by atoms with Crippen LogP contribution in [0.4, 0.5) is 0 Å². The molecule has 0 aromatic rings. The Hall–Kier alpha value is -0.280. The number of carbonyl (C=O) groups is 1. The average molecular weight is 249 g/mol. The van der Waals surface area contributed by atoms with Crippen molar-refractivity contribution in [2.24, 2.45) is 0 Å². The van der Waals surface area contributed by atoms with Gasteiger partial charge in [0.1, 0.15) is 0 Å². The Morgan fingerprint density at radius 3 is 2.38 bits per heavy atom. The van der Waals surface area contributed by atoms with Gasteiger partial charge in [0.15, 0.2) is 0 Å². The monoisotopic (exact) mass is 248 g/mol. The van der Waals surface area contributed by atoms with Crippen molar-refractivity contribution < 1.29 is 4.79 Å². The van der Waals surface area contributed by atoms with E-state index in [4.69, 9.17) is 0 Å². The highest BCUT2D eigenvalue weighted by molar-refractivity contribution is 5.85. The van der Waals surface area contributed by atoms with Gasteiger partial charge in [0.05, 0.1) is 0 Å². The van der Waals surface area contributed by atoms with E-state index in [9.17, 15) is 4.79 Å². The SMILES string of the molecule is CCCN(CCC)C(=O)CC1CCCN1.Cl. The van der Waals surface area contributed by atoms with Gasteiger partial charge in [0, 0.05) is 25.6 Å². The number of rotatable bonds is 6. The lowest BCUT2D eigenvalue weighted by Gasteiger charge is -2.23. The fourth-order valence-corrected chi connectivity index (χ4v) is 2.17. The molecular weight excluding hydrogens is 224 g/mol. The van der Waals surface area contributed by atoms with Crippen molar-refractivity contribution in [2.45, 2.75) is 52.0 Å². The zero-order chi connectivity index (χ0) is 11.1. The molecule has 0 saturated carbocycles. The summed E-state index contributed by atoms with van der Waals surface area (Å²) in [5, 5.41) is 3.38. The Labute approximate surface area is 105 Å². The Morgan fingerprint density at radius 1 is 1.31 bits per heavy atom. The molecule has 1 unspecified atom stereocenters. The third-order valence-corrected chi connectivity index (χ3v) is 2.92. The molecule has 1 amide bonds. The summed E-state index contributed by atoms with van der Waals surface area (Å²) in [5.41, 5.74) is 0. The van der Waals surface area contributed by atoms with Crippen molar-refractivity contribution in [3.05, 3.63) is 0 Å². The number of halogens is 1. The molecule has 0 bridgehead atoms. The molecule has 1 saturated heterocycles. The van der Waals surface area contributed by atoms with Crippen LogP contribution < -0.4 is 5.32 Å². The van der Waals surface area contributed by atoms with Crippen LogP contribution >= 0.6 is 12.4 Å². The summed E-state index contributed by atoms with van der Waals surface area (Å²) in [7, 11) is 0. The van der Waals surface area contributed by atoms with Crippen LogP contribution in [0.1, 0.15) is 46.0 Å². The van der Waals surface area contributed by atoms with E-state index in [1.54, 1.807) is 0 Å². The molecule has 4 heteroatoms. The fourth-order valence-electron chi connectivity index (χ4n) is 2.17. The van der Waals surface area contributed by atoms with Gasteiger partial charge in [-0.15, -0.1) is 12.4 Å². The highest BCUT2D eigenvalue weighted by atomic mass is 35.5. The Balaban J connectivity index is 0.00000225. The Bertz CT molecular complexity index is 187. The standard InChI is InChI=1S/C12H24N2O.ClH/c1-3-8-14(9-4-2)12(15)10-11-6-5-7-13-11;/h11,13H,3-10H2,1-2H3;1H. The molecule has 0 radical (unpaired) electrons. The van der Waals surface area contributed by atoms with Crippen LogP contribution in [0.15, 0.2) is 0 Å².